The molecule has 2 N–H and O–H groups in total. The molecule has 1 amide bonds. The van der Waals surface area contributed by atoms with Gasteiger partial charge in [0.15, 0.2) is 5.69 Å². The molecule has 4 rings (SSSR count). The molecular formula is C24H25F5N4O. The van der Waals surface area contributed by atoms with Crippen LogP contribution in [0, 0.1) is 0 Å². The molecule has 2 heterocycles. The van der Waals surface area contributed by atoms with Crippen molar-refractivity contribution in [2.45, 2.75) is 63.2 Å². The second-order valence-corrected chi connectivity index (χ2v) is 8.52. The highest BCUT2D eigenvalue weighted by Gasteiger charge is 2.34. The molecule has 1 aliphatic rings. The van der Waals surface area contributed by atoms with Gasteiger partial charge in [-0.25, -0.2) is 13.8 Å². The van der Waals surface area contributed by atoms with E-state index in [1.165, 1.54) is 10.5 Å². The number of carbonyl (C=O) groups is 1. The molecule has 0 atom stereocenters. The fourth-order valence-corrected chi connectivity index (χ4v) is 4.34. The zero-order chi connectivity index (χ0) is 24.3. The number of aromatic nitrogens is 2. The maximum atomic E-state index is 13.0. The van der Waals surface area contributed by atoms with Crippen LogP contribution >= 0.6 is 0 Å². The molecule has 0 bridgehead atoms. The van der Waals surface area contributed by atoms with Crippen LogP contribution in [-0.4, -0.2) is 33.8 Å². The standard InChI is InChI=1S/C24H25F5N4O/c25-20(26)13-8-15-4-1-2-5-18(15)23(34)31-17-11-9-16(10-12-17)30-21-6-3-7-22-32-19(14-33(21)22)24(27,28)29/h1-7,14,16-17,20,30H,8-13H2,(H,31,34). The normalized spacial score (nSPS) is 18.9. The van der Waals surface area contributed by atoms with Crippen molar-refractivity contribution in [1.29, 1.82) is 0 Å². The predicted molar refractivity (Wildman–Crippen MR) is 118 cm³/mol. The molecule has 0 unspecified atom stereocenters. The Kier molecular flexibility index (Phi) is 7.04. The summed E-state index contributed by atoms with van der Waals surface area (Å²) in [5.74, 6) is 0.255. The molecule has 2 aromatic heterocycles. The molecule has 1 fully saturated rings. The van der Waals surface area contributed by atoms with Gasteiger partial charge in [-0.1, -0.05) is 24.3 Å². The van der Waals surface area contributed by atoms with Crippen LogP contribution in [0.5, 0.6) is 0 Å². The van der Waals surface area contributed by atoms with Crippen LogP contribution in [0.2, 0.25) is 0 Å². The topological polar surface area (TPSA) is 58.4 Å². The van der Waals surface area contributed by atoms with Crippen LogP contribution in [0.25, 0.3) is 5.65 Å². The summed E-state index contributed by atoms with van der Waals surface area (Å²) >= 11 is 0. The quantitative estimate of drug-likeness (QED) is 0.427. The van der Waals surface area contributed by atoms with Gasteiger partial charge in [-0.2, -0.15) is 13.2 Å². The minimum atomic E-state index is -4.52. The van der Waals surface area contributed by atoms with Gasteiger partial charge in [-0.15, -0.1) is 0 Å². The first-order chi connectivity index (χ1) is 16.2. The molecule has 1 saturated carbocycles. The van der Waals surface area contributed by atoms with Crippen LogP contribution in [0.1, 0.15) is 53.7 Å². The smallest absolute Gasteiger partial charge is 0.368 e. The summed E-state index contributed by atoms with van der Waals surface area (Å²) in [7, 11) is 0. The summed E-state index contributed by atoms with van der Waals surface area (Å²) < 4.78 is 65.7. The van der Waals surface area contributed by atoms with Crippen molar-refractivity contribution in [2.75, 3.05) is 5.32 Å². The molecule has 0 saturated heterocycles. The fraction of sp³-hybridized carbons (Fsp3) is 0.417. The van der Waals surface area contributed by atoms with Gasteiger partial charge in [0.25, 0.3) is 5.91 Å². The number of hydrogen-bond donors (Lipinski definition) is 2. The highest BCUT2D eigenvalue weighted by atomic mass is 19.4. The number of amides is 1. The number of nitrogens with one attached hydrogen (secondary N) is 2. The van der Waals surface area contributed by atoms with E-state index >= 15 is 0 Å². The third-order valence-corrected chi connectivity index (χ3v) is 6.09. The molecule has 0 radical (unpaired) electrons. The fourth-order valence-electron chi connectivity index (χ4n) is 4.34. The number of imidazole rings is 1. The van der Waals surface area contributed by atoms with Crippen molar-refractivity contribution < 1.29 is 26.7 Å². The number of alkyl halides is 5. The van der Waals surface area contributed by atoms with E-state index in [4.69, 9.17) is 0 Å². The minimum absolute atomic E-state index is 0.0359. The SMILES string of the molecule is O=C(NC1CCC(Nc2cccc3nc(C(F)(F)F)cn23)CC1)c1ccccc1CCC(F)F. The van der Waals surface area contributed by atoms with Crippen molar-refractivity contribution in [3.63, 3.8) is 0 Å². The largest absolute Gasteiger partial charge is 0.434 e. The number of halogens is 5. The Morgan fingerprint density at radius 2 is 1.74 bits per heavy atom. The molecule has 0 aliphatic heterocycles. The highest BCUT2D eigenvalue weighted by Crippen LogP contribution is 2.30. The summed E-state index contributed by atoms with van der Waals surface area (Å²) in [6.07, 6.45) is -3.31. The number of aryl methyl sites for hydroxylation is 1. The molecule has 1 aliphatic carbocycles. The lowest BCUT2D eigenvalue weighted by atomic mass is 9.90. The van der Waals surface area contributed by atoms with E-state index in [1.54, 1.807) is 36.4 Å². The second-order valence-electron chi connectivity index (χ2n) is 8.52. The molecule has 10 heteroatoms. The minimum Gasteiger partial charge on any atom is -0.368 e. The number of rotatable bonds is 7. The maximum absolute atomic E-state index is 13.0. The molecule has 3 aromatic rings. The van der Waals surface area contributed by atoms with Crippen LogP contribution in [0.15, 0.2) is 48.7 Å². The molecule has 0 spiro atoms. The molecule has 5 nitrogen and oxygen atoms in total. The summed E-state index contributed by atoms with van der Waals surface area (Å²) in [5, 5.41) is 6.31. The third-order valence-electron chi connectivity index (χ3n) is 6.09. The Morgan fingerprint density at radius 1 is 1.03 bits per heavy atom. The summed E-state index contributed by atoms with van der Waals surface area (Å²) in [4.78, 5) is 16.4. The number of carbonyl (C=O) groups excluding carboxylic acids is 1. The Labute approximate surface area is 193 Å². The van der Waals surface area contributed by atoms with Gasteiger partial charge in [-0.3, -0.25) is 9.20 Å². The summed E-state index contributed by atoms with van der Waals surface area (Å²) in [5.41, 5.74) is 0.281. The van der Waals surface area contributed by atoms with Crippen molar-refractivity contribution >= 4 is 17.4 Å². The Hall–Kier alpha value is -3.17. The average molecular weight is 480 g/mol. The first-order valence-electron chi connectivity index (χ1n) is 11.2. The van der Waals surface area contributed by atoms with Gasteiger partial charge < -0.3 is 10.6 Å². The number of fused-ring (bicyclic) bond motifs is 1. The molecule has 34 heavy (non-hydrogen) atoms. The predicted octanol–water partition coefficient (Wildman–Crippen LogP) is 5.70. The molecule has 182 valence electrons. The van der Waals surface area contributed by atoms with E-state index in [-0.39, 0.29) is 36.5 Å². The van der Waals surface area contributed by atoms with Crippen molar-refractivity contribution in [1.82, 2.24) is 14.7 Å². The third kappa shape index (κ3) is 5.66. The van der Waals surface area contributed by atoms with E-state index in [0.717, 1.165) is 19.0 Å². The van der Waals surface area contributed by atoms with Gasteiger partial charge in [0.2, 0.25) is 6.43 Å². The van der Waals surface area contributed by atoms with Crippen LogP contribution in [0.4, 0.5) is 27.8 Å². The molecular weight excluding hydrogens is 455 g/mol. The number of benzene rings is 1. The van der Waals surface area contributed by atoms with E-state index in [9.17, 15) is 26.7 Å². The van der Waals surface area contributed by atoms with E-state index < -0.39 is 18.3 Å². The van der Waals surface area contributed by atoms with Gasteiger partial charge in [0.1, 0.15) is 11.5 Å². The van der Waals surface area contributed by atoms with Crippen molar-refractivity contribution in [3.8, 4) is 0 Å². The number of nitrogens with zero attached hydrogens (tertiary/aromatic N) is 2. The van der Waals surface area contributed by atoms with Gasteiger partial charge in [-0.05, 0) is 55.9 Å². The van der Waals surface area contributed by atoms with Crippen LogP contribution in [0.3, 0.4) is 0 Å². The number of anilines is 1. The lowest BCUT2D eigenvalue weighted by molar-refractivity contribution is -0.140. The zero-order valence-electron chi connectivity index (χ0n) is 18.3. The number of pyridine rings is 1. The van der Waals surface area contributed by atoms with Gasteiger partial charge >= 0.3 is 6.18 Å². The Bertz CT molecular complexity index is 1140. The van der Waals surface area contributed by atoms with Gasteiger partial charge in [0.05, 0.1) is 0 Å². The first-order valence-corrected chi connectivity index (χ1v) is 11.2. The monoisotopic (exact) mass is 480 g/mol. The van der Waals surface area contributed by atoms with Crippen molar-refractivity contribution in [2.24, 2.45) is 0 Å². The lowest BCUT2D eigenvalue weighted by Gasteiger charge is -2.30. The Morgan fingerprint density at radius 3 is 2.44 bits per heavy atom. The zero-order valence-corrected chi connectivity index (χ0v) is 18.3. The second kappa shape index (κ2) is 9.99. The van der Waals surface area contributed by atoms with Crippen molar-refractivity contribution in [3.05, 3.63) is 65.5 Å². The van der Waals surface area contributed by atoms with Crippen LogP contribution in [-0.2, 0) is 12.6 Å². The van der Waals surface area contributed by atoms with Crippen LogP contribution < -0.4 is 10.6 Å². The number of hydrogen-bond acceptors (Lipinski definition) is 3. The Balaban J connectivity index is 1.35. The van der Waals surface area contributed by atoms with E-state index in [2.05, 4.69) is 15.6 Å². The lowest BCUT2D eigenvalue weighted by Crippen LogP contribution is -2.40. The van der Waals surface area contributed by atoms with E-state index in [0.29, 0.717) is 29.8 Å². The summed E-state index contributed by atoms with van der Waals surface area (Å²) in [6, 6.07) is 11.6. The van der Waals surface area contributed by atoms with E-state index in [1.807, 2.05) is 0 Å². The average Bonchev–Trinajstić information content (AvgIpc) is 3.25. The first kappa shape index (κ1) is 24.0. The maximum Gasteiger partial charge on any atom is 0.434 e. The van der Waals surface area contributed by atoms with Gasteiger partial charge in [0, 0.05) is 30.3 Å². The summed E-state index contributed by atoms with van der Waals surface area (Å²) in [6.45, 7) is 0. The molecule has 1 aromatic carbocycles. The highest BCUT2D eigenvalue weighted by molar-refractivity contribution is 5.95.